The number of hydrogen-bond acceptors (Lipinski definition) is 3. The number of carbonyl (C=O) groups is 1. The Kier molecular flexibility index (Phi) is 4.77. The number of sulfonamides is 1. The molecule has 2 aromatic carbocycles. The molecule has 0 aliphatic heterocycles. The SMILES string of the molecule is O=C(O)c1cc(NS(=O)(=O)c2cccc(Cl)c2)cc(C(F)(F)F)c1. The summed E-state index contributed by atoms with van der Waals surface area (Å²) >= 11 is 5.69. The van der Waals surface area contributed by atoms with E-state index in [0.29, 0.717) is 12.1 Å². The predicted molar refractivity (Wildman–Crippen MR) is 80.7 cm³/mol. The molecule has 0 aliphatic carbocycles. The molecule has 0 bridgehead atoms. The molecule has 10 heteroatoms. The standard InChI is InChI=1S/C14H9ClF3NO4S/c15-10-2-1-3-12(7-10)24(22,23)19-11-5-8(13(20)21)4-9(6-11)14(16,17)18/h1-7,19H,(H,20,21). The van der Waals surface area contributed by atoms with E-state index in [2.05, 4.69) is 0 Å². The number of aromatic carboxylic acids is 1. The maximum atomic E-state index is 12.8. The van der Waals surface area contributed by atoms with Gasteiger partial charge in [0.25, 0.3) is 10.0 Å². The first-order valence-electron chi connectivity index (χ1n) is 6.23. The van der Waals surface area contributed by atoms with E-state index in [1.807, 2.05) is 4.72 Å². The first-order chi connectivity index (χ1) is 11.0. The Morgan fingerprint density at radius 3 is 2.33 bits per heavy atom. The lowest BCUT2D eigenvalue weighted by Gasteiger charge is -2.13. The Morgan fingerprint density at radius 1 is 1.12 bits per heavy atom. The molecule has 5 nitrogen and oxygen atoms in total. The first kappa shape index (κ1) is 18.1. The lowest BCUT2D eigenvalue weighted by Crippen LogP contribution is -2.15. The topological polar surface area (TPSA) is 83.5 Å². The van der Waals surface area contributed by atoms with Crippen LogP contribution in [-0.2, 0) is 16.2 Å². The van der Waals surface area contributed by atoms with Crippen LogP contribution in [0, 0.1) is 0 Å². The quantitative estimate of drug-likeness (QED) is 0.845. The summed E-state index contributed by atoms with van der Waals surface area (Å²) < 4.78 is 64.8. The minimum absolute atomic E-state index is 0.119. The molecule has 0 saturated carbocycles. The molecule has 0 aliphatic rings. The molecule has 24 heavy (non-hydrogen) atoms. The van der Waals surface area contributed by atoms with E-state index >= 15 is 0 Å². The van der Waals surface area contributed by atoms with Crippen LogP contribution >= 0.6 is 11.6 Å². The van der Waals surface area contributed by atoms with Gasteiger partial charge in [0, 0.05) is 5.02 Å². The van der Waals surface area contributed by atoms with E-state index in [1.165, 1.54) is 18.2 Å². The molecule has 0 unspecified atom stereocenters. The zero-order valence-corrected chi connectivity index (χ0v) is 13.2. The Hall–Kier alpha value is -2.26. The molecule has 2 N–H and O–H groups in total. The van der Waals surface area contributed by atoms with Crippen molar-refractivity contribution < 1.29 is 31.5 Å². The van der Waals surface area contributed by atoms with Crippen LogP contribution in [0.3, 0.4) is 0 Å². The van der Waals surface area contributed by atoms with Gasteiger partial charge in [-0.15, -0.1) is 0 Å². The van der Waals surface area contributed by atoms with Crippen molar-refractivity contribution >= 4 is 33.3 Å². The third kappa shape index (κ3) is 4.18. The minimum atomic E-state index is -4.83. The highest BCUT2D eigenvalue weighted by Crippen LogP contribution is 2.32. The molecular weight excluding hydrogens is 371 g/mol. The number of hydrogen-bond donors (Lipinski definition) is 2. The Bertz CT molecular complexity index is 897. The van der Waals surface area contributed by atoms with Gasteiger partial charge in [0.05, 0.1) is 21.7 Å². The van der Waals surface area contributed by atoms with Gasteiger partial charge in [0.1, 0.15) is 0 Å². The first-order valence-corrected chi connectivity index (χ1v) is 8.09. The third-order valence-corrected chi connectivity index (χ3v) is 4.48. The lowest BCUT2D eigenvalue weighted by molar-refractivity contribution is -0.137. The van der Waals surface area contributed by atoms with Gasteiger partial charge in [-0.3, -0.25) is 4.72 Å². The fourth-order valence-electron chi connectivity index (χ4n) is 1.82. The van der Waals surface area contributed by atoms with Gasteiger partial charge in [-0.1, -0.05) is 17.7 Å². The van der Waals surface area contributed by atoms with Crippen LogP contribution in [0.25, 0.3) is 0 Å². The van der Waals surface area contributed by atoms with Crippen LogP contribution in [0.5, 0.6) is 0 Å². The van der Waals surface area contributed by atoms with Crippen LogP contribution in [0.1, 0.15) is 15.9 Å². The van der Waals surface area contributed by atoms with Crippen molar-refractivity contribution in [2.24, 2.45) is 0 Å². The van der Waals surface area contributed by atoms with Gasteiger partial charge in [0.15, 0.2) is 0 Å². The highest BCUT2D eigenvalue weighted by molar-refractivity contribution is 7.92. The van der Waals surface area contributed by atoms with E-state index in [-0.39, 0.29) is 9.92 Å². The van der Waals surface area contributed by atoms with Crippen molar-refractivity contribution in [2.75, 3.05) is 4.72 Å². The average molecular weight is 380 g/mol. The van der Waals surface area contributed by atoms with Crippen LogP contribution < -0.4 is 4.72 Å². The largest absolute Gasteiger partial charge is 0.478 e. The predicted octanol–water partition coefficient (Wildman–Crippen LogP) is 3.86. The second-order valence-corrected chi connectivity index (χ2v) is 6.78. The Labute approximate surface area is 139 Å². The van der Waals surface area contributed by atoms with Crippen molar-refractivity contribution in [3.63, 3.8) is 0 Å². The molecule has 0 aromatic heterocycles. The van der Waals surface area contributed by atoms with Crippen LogP contribution in [0.4, 0.5) is 18.9 Å². The normalized spacial score (nSPS) is 12.0. The summed E-state index contributed by atoms with van der Waals surface area (Å²) in [5, 5.41) is 9.01. The van der Waals surface area contributed by atoms with Crippen LogP contribution in [0.2, 0.25) is 5.02 Å². The number of benzene rings is 2. The smallest absolute Gasteiger partial charge is 0.416 e. The molecule has 0 saturated heterocycles. The molecule has 0 radical (unpaired) electrons. The summed E-state index contributed by atoms with van der Waals surface area (Å²) in [5.74, 6) is -1.62. The summed E-state index contributed by atoms with van der Waals surface area (Å²) in [6.07, 6.45) is -4.83. The van der Waals surface area contributed by atoms with Crippen molar-refractivity contribution in [3.8, 4) is 0 Å². The van der Waals surface area contributed by atoms with E-state index in [9.17, 15) is 26.4 Å². The zero-order chi connectivity index (χ0) is 18.1. The maximum Gasteiger partial charge on any atom is 0.416 e. The lowest BCUT2D eigenvalue weighted by atomic mass is 10.1. The Morgan fingerprint density at radius 2 is 1.79 bits per heavy atom. The average Bonchev–Trinajstić information content (AvgIpc) is 2.45. The van der Waals surface area contributed by atoms with Crippen molar-refractivity contribution in [1.29, 1.82) is 0 Å². The van der Waals surface area contributed by atoms with Gasteiger partial charge in [-0.2, -0.15) is 13.2 Å². The summed E-state index contributed by atoms with van der Waals surface area (Å²) in [6.45, 7) is 0. The summed E-state index contributed by atoms with van der Waals surface area (Å²) in [7, 11) is -4.24. The second kappa shape index (κ2) is 6.33. The molecule has 0 amide bonds. The molecule has 2 aromatic rings. The second-order valence-electron chi connectivity index (χ2n) is 4.66. The van der Waals surface area contributed by atoms with Crippen molar-refractivity contribution in [2.45, 2.75) is 11.1 Å². The summed E-state index contributed by atoms with van der Waals surface area (Å²) in [4.78, 5) is 10.7. The fraction of sp³-hybridized carbons (Fsp3) is 0.0714. The van der Waals surface area contributed by atoms with Gasteiger partial charge in [0.2, 0.25) is 0 Å². The van der Waals surface area contributed by atoms with Crippen LogP contribution in [-0.4, -0.2) is 19.5 Å². The van der Waals surface area contributed by atoms with Gasteiger partial charge in [-0.05, 0) is 36.4 Å². The summed E-state index contributed by atoms with van der Waals surface area (Å²) in [6, 6.07) is 6.79. The minimum Gasteiger partial charge on any atom is -0.478 e. The molecule has 0 heterocycles. The molecule has 0 spiro atoms. The number of alkyl halides is 3. The van der Waals surface area contributed by atoms with Crippen molar-refractivity contribution in [1.82, 2.24) is 0 Å². The van der Waals surface area contributed by atoms with Crippen molar-refractivity contribution in [3.05, 3.63) is 58.6 Å². The molecule has 0 fully saturated rings. The highest BCUT2D eigenvalue weighted by atomic mass is 35.5. The van der Waals surface area contributed by atoms with E-state index in [0.717, 1.165) is 12.1 Å². The third-order valence-electron chi connectivity index (χ3n) is 2.87. The van der Waals surface area contributed by atoms with E-state index < -0.39 is 39.0 Å². The number of anilines is 1. The molecule has 0 atom stereocenters. The number of carboxylic acid groups (broad SMARTS) is 1. The van der Waals surface area contributed by atoms with Gasteiger partial charge in [-0.25, -0.2) is 13.2 Å². The fourth-order valence-corrected chi connectivity index (χ4v) is 3.16. The van der Waals surface area contributed by atoms with Crippen LogP contribution in [0.15, 0.2) is 47.4 Å². The summed E-state index contributed by atoms with van der Waals surface area (Å²) in [5.41, 5.74) is -2.51. The number of carboxylic acids is 1. The number of rotatable bonds is 4. The Balaban J connectivity index is 2.49. The number of halogens is 4. The highest BCUT2D eigenvalue weighted by Gasteiger charge is 2.32. The van der Waals surface area contributed by atoms with E-state index in [1.54, 1.807) is 0 Å². The number of nitrogens with one attached hydrogen (secondary N) is 1. The van der Waals surface area contributed by atoms with E-state index in [4.69, 9.17) is 16.7 Å². The van der Waals surface area contributed by atoms with Gasteiger partial charge < -0.3 is 5.11 Å². The monoisotopic (exact) mass is 379 g/mol. The maximum absolute atomic E-state index is 12.8. The van der Waals surface area contributed by atoms with Gasteiger partial charge >= 0.3 is 12.1 Å². The molecule has 2 rings (SSSR count). The molecule has 128 valence electrons. The molecular formula is C14H9ClF3NO4S. The zero-order valence-electron chi connectivity index (χ0n) is 11.6.